The molecule has 26 heavy (non-hydrogen) atoms. The number of halogens is 4. The summed E-state index contributed by atoms with van der Waals surface area (Å²) < 4.78 is 40.2. The van der Waals surface area contributed by atoms with Crippen molar-refractivity contribution in [2.75, 3.05) is 26.2 Å². The molecular formula is C17H16Cl3FN2O2S. The first-order valence-corrected chi connectivity index (χ1v) is 10.5. The lowest BCUT2D eigenvalue weighted by molar-refractivity contribution is 0.181. The molecule has 0 spiro atoms. The van der Waals surface area contributed by atoms with Crippen molar-refractivity contribution in [3.63, 3.8) is 0 Å². The molecule has 3 rings (SSSR count). The summed E-state index contributed by atoms with van der Waals surface area (Å²) in [5.41, 5.74) is 0.808. The largest absolute Gasteiger partial charge is 0.296 e. The van der Waals surface area contributed by atoms with Crippen molar-refractivity contribution in [3.8, 4) is 0 Å². The first kappa shape index (κ1) is 19.9. The van der Waals surface area contributed by atoms with Gasteiger partial charge in [-0.1, -0.05) is 40.9 Å². The minimum atomic E-state index is -3.71. The minimum Gasteiger partial charge on any atom is -0.296 e. The van der Waals surface area contributed by atoms with Crippen LogP contribution in [0.3, 0.4) is 0 Å². The number of nitrogens with zero attached hydrogens (tertiary/aromatic N) is 2. The van der Waals surface area contributed by atoms with Gasteiger partial charge in [-0.3, -0.25) is 4.90 Å². The maximum atomic E-state index is 13.1. The standard InChI is InChI=1S/C17H16Cl3FN2O2S/c18-13-2-4-15(19)17(9-13)26(24,25)23-7-5-22(6-8-23)11-12-1-3-14(21)10-16(12)20/h1-4,9-10H,5-8,11H2. The molecule has 0 atom stereocenters. The topological polar surface area (TPSA) is 40.6 Å². The smallest absolute Gasteiger partial charge is 0.244 e. The van der Waals surface area contributed by atoms with Crippen molar-refractivity contribution in [1.82, 2.24) is 9.21 Å². The predicted molar refractivity (Wildman–Crippen MR) is 102 cm³/mol. The van der Waals surface area contributed by atoms with Gasteiger partial charge in [-0.15, -0.1) is 0 Å². The summed E-state index contributed by atoms with van der Waals surface area (Å²) in [4.78, 5) is 2.09. The van der Waals surface area contributed by atoms with E-state index in [1.807, 2.05) is 0 Å². The zero-order valence-corrected chi connectivity index (χ0v) is 16.7. The van der Waals surface area contributed by atoms with Crippen LogP contribution in [-0.4, -0.2) is 43.8 Å². The van der Waals surface area contributed by atoms with Gasteiger partial charge in [0.05, 0.1) is 5.02 Å². The lowest BCUT2D eigenvalue weighted by Crippen LogP contribution is -2.48. The molecule has 1 saturated heterocycles. The van der Waals surface area contributed by atoms with Gasteiger partial charge in [0.2, 0.25) is 10.0 Å². The fourth-order valence-electron chi connectivity index (χ4n) is 2.83. The summed E-state index contributed by atoms with van der Waals surface area (Å²) in [7, 11) is -3.71. The molecule has 0 bridgehead atoms. The van der Waals surface area contributed by atoms with Crippen LogP contribution < -0.4 is 0 Å². The summed E-state index contributed by atoms with van der Waals surface area (Å²) in [5.74, 6) is -0.381. The number of sulfonamides is 1. The normalized spacial score (nSPS) is 16.8. The summed E-state index contributed by atoms with van der Waals surface area (Å²) >= 11 is 18.0. The van der Waals surface area contributed by atoms with Crippen molar-refractivity contribution in [1.29, 1.82) is 0 Å². The average molecular weight is 438 g/mol. The minimum absolute atomic E-state index is 0.0155. The van der Waals surface area contributed by atoms with Crippen LogP contribution in [0.1, 0.15) is 5.56 Å². The van der Waals surface area contributed by atoms with E-state index in [2.05, 4.69) is 4.90 Å². The van der Waals surface area contributed by atoms with Crippen LogP contribution in [0.5, 0.6) is 0 Å². The van der Waals surface area contributed by atoms with E-state index in [9.17, 15) is 12.8 Å². The van der Waals surface area contributed by atoms with E-state index >= 15 is 0 Å². The molecule has 4 nitrogen and oxygen atoms in total. The van der Waals surface area contributed by atoms with Crippen molar-refractivity contribution in [2.45, 2.75) is 11.4 Å². The maximum absolute atomic E-state index is 13.1. The highest BCUT2D eigenvalue weighted by Gasteiger charge is 2.30. The lowest BCUT2D eigenvalue weighted by atomic mass is 10.2. The van der Waals surface area contributed by atoms with Crippen LogP contribution >= 0.6 is 34.8 Å². The highest BCUT2D eigenvalue weighted by Crippen LogP contribution is 2.28. The summed E-state index contributed by atoms with van der Waals surface area (Å²) in [6.45, 7) is 2.25. The monoisotopic (exact) mass is 436 g/mol. The van der Waals surface area contributed by atoms with Crippen molar-refractivity contribution in [3.05, 3.63) is 62.8 Å². The second kappa shape index (κ2) is 8.00. The second-order valence-electron chi connectivity index (χ2n) is 5.99. The number of benzene rings is 2. The molecule has 0 saturated carbocycles. The van der Waals surface area contributed by atoms with E-state index in [0.29, 0.717) is 42.8 Å². The molecule has 0 aliphatic carbocycles. The van der Waals surface area contributed by atoms with Crippen LogP contribution in [0.25, 0.3) is 0 Å². The number of hydrogen-bond acceptors (Lipinski definition) is 3. The van der Waals surface area contributed by atoms with Gasteiger partial charge in [-0.25, -0.2) is 12.8 Å². The van der Waals surface area contributed by atoms with Crippen LogP contribution in [-0.2, 0) is 16.6 Å². The fourth-order valence-corrected chi connectivity index (χ4v) is 5.22. The summed E-state index contributed by atoms with van der Waals surface area (Å²) in [5, 5.41) is 0.832. The Morgan fingerprint density at radius 1 is 0.923 bits per heavy atom. The Bertz CT molecular complexity index is 916. The van der Waals surface area contributed by atoms with Crippen LogP contribution in [0.15, 0.2) is 41.3 Å². The molecule has 9 heteroatoms. The van der Waals surface area contributed by atoms with Gasteiger partial charge in [0.25, 0.3) is 0 Å². The van der Waals surface area contributed by atoms with Crippen LogP contribution in [0.2, 0.25) is 15.1 Å². The molecule has 2 aromatic carbocycles. The van der Waals surface area contributed by atoms with E-state index in [-0.39, 0.29) is 15.7 Å². The third kappa shape index (κ3) is 4.32. The molecule has 1 aliphatic heterocycles. The lowest BCUT2D eigenvalue weighted by Gasteiger charge is -2.34. The average Bonchev–Trinajstić information content (AvgIpc) is 2.60. The Balaban J connectivity index is 1.69. The van der Waals surface area contributed by atoms with Crippen molar-refractivity contribution in [2.24, 2.45) is 0 Å². The molecule has 1 aliphatic rings. The third-order valence-corrected chi connectivity index (χ3v) is 7.22. The Labute approximate surface area is 167 Å². The highest BCUT2D eigenvalue weighted by atomic mass is 35.5. The number of hydrogen-bond donors (Lipinski definition) is 0. The molecule has 0 amide bonds. The third-order valence-electron chi connectivity index (χ3n) is 4.25. The Hall–Kier alpha value is -0.890. The molecule has 2 aromatic rings. The first-order valence-electron chi connectivity index (χ1n) is 7.89. The molecule has 0 radical (unpaired) electrons. The first-order chi connectivity index (χ1) is 12.3. The van der Waals surface area contributed by atoms with Gasteiger partial charge in [0.1, 0.15) is 10.7 Å². The molecule has 140 valence electrons. The molecule has 0 unspecified atom stereocenters. The SMILES string of the molecule is O=S(=O)(c1cc(Cl)ccc1Cl)N1CCN(Cc2ccc(F)cc2Cl)CC1. The molecule has 0 aromatic heterocycles. The van der Waals surface area contributed by atoms with Gasteiger partial charge in [0.15, 0.2) is 0 Å². The predicted octanol–water partition coefficient (Wildman–Crippen LogP) is 4.29. The number of rotatable bonds is 4. The van der Waals surface area contributed by atoms with Crippen LogP contribution in [0, 0.1) is 5.82 Å². The quantitative estimate of drug-likeness (QED) is 0.716. The van der Waals surface area contributed by atoms with E-state index < -0.39 is 10.0 Å². The van der Waals surface area contributed by atoms with Gasteiger partial charge < -0.3 is 0 Å². The number of piperazine rings is 1. The zero-order valence-electron chi connectivity index (χ0n) is 13.6. The second-order valence-corrected chi connectivity index (χ2v) is 9.15. The summed E-state index contributed by atoms with van der Waals surface area (Å²) in [6, 6.07) is 8.68. The van der Waals surface area contributed by atoms with Gasteiger partial charge >= 0.3 is 0 Å². The Kier molecular flexibility index (Phi) is 6.11. The maximum Gasteiger partial charge on any atom is 0.244 e. The highest BCUT2D eigenvalue weighted by molar-refractivity contribution is 7.89. The zero-order chi connectivity index (χ0) is 18.9. The van der Waals surface area contributed by atoms with Crippen molar-refractivity contribution >= 4 is 44.8 Å². The Morgan fingerprint density at radius 2 is 1.62 bits per heavy atom. The fraction of sp³-hybridized carbons (Fsp3) is 0.294. The molecule has 1 heterocycles. The van der Waals surface area contributed by atoms with Gasteiger partial charge in [-0.2, -0.15) is 4.31 Å². The van der Waals surface area contributed by atoms with Crippen molar-refractivity contribution < 1.29 is 12.8 Å². The molecule has 0 N–H and O–H groups in total. The van der Waals surface area contributed by atoms with Crippen LogP contribution in [0.4, 0.5) is 4.39 Å². The van der Waals surface area contributed by atoms with E-state index in [0.717, 1.165) is 5.56 Å². The molecular weight excluding hydrogens is 422 g/mol. The van der Waals surface area contributed by atoms with E-state index in [4.69, 9.17) is 34.8 Å². The summed E-state index contributed by atoms with van der Waals surface area (Å²) in [6.07, 6.45) is 0. The Morgan fingerprint density at radius 3 is 2.27 bits per heavy atom. The van der Waals surface area contributed by atoms with E-state index in [1.165, 1.54) is 28.6 Å². The van der Waals surface area contributed by atoms with Gasteiger partial charge in [-0.05, 0) is 35.9 Å². The van der Waals surface area contributed by atoms with E-state index in [1.54, 1.807) is 12.1 Å². The van der Waals surface area contributed by atoms with Gasteiger partial charge in [0, 0.05) is 42.8 Å². The molecule has 1 fully saturated rings.